The summed E-state index contributed by atoms with van der Waals surface area (Å²) in [6, 6.07) is 13.3. The summed E-state index contributed by atoms with van der Waals surface area (Å²) in [5, 5.41) is 2.07. The number of amides is 1. The fraction of sp³-hybridized carbons (Fsp3) is 0.481. The van der Waals surface area contributed by atoms with Crippen molar-refractivity contribution in [2.75, 3.05) is 64.6 Å². The van der Waals surface area contributed by atoms with Gasteiger partial charge in [-0.05, 0) is 31.0 Å². The number of rotatable bonds is 6. The molecule has 0 aliphatic carbocycles. The van der Waals surface area contributed by atoms with E-state index in [1.165, 1.54) is 0 Å². The second-order valence-corrected chi connectivity index (χ2v) is 9.94. The number of nitrogens with one attached hydrogen (secondary N) is 2. The van der Waals surface area contributed by atoms with Crippen LogP contribution in [0.2, 0.25) is 0 Å². The van der Waals surface area contributed by atoms with E-state index in [1.807, 2.05) is 51.9 Å². The first-order valence-electron chi connectivity index (χ1n) is 13.1. The zero-order chi connectivity index (χ0) is 25.4. The summed E-state index contributed by atoms with van der Waals surface area (Å²) in [4.78, 5) is 33.7. The highest BCUT2D eigenvalue weighted by Gasteiger charge is 2.39. The minimum absolute atomic E-state index is 0.0631. The Balaban J connectivity index is 1.16. The molecule has 2 saturated heterocycles. The number of morpholine rings is 1. The minimum atomic E-state index is -0.456. The van der Waals surface area contributed by atoms with Crippen molar-refractivity contribution in [1.82, 2.24) is 24.8 Å². The number of likely N-dealkylation sites (tertiary alicyclic amines) is 1. The Kier molecular flexibility index (Phi) is 6.62. The average Bonchev–Trinajstić information content (AvgIpc) is 3.49. The van der Waals surface area contributed by atoms with Gasteiger partial charge in [0.15, 0.2) is 0 Å². The second-order valence-electron chi connectivity index (χ2n) is 9.94. The fourth-order valence-electron chi connectivity index (χ4n) is 5.91. The third-order valence-electron chi connectivity index (χ3n) is 7.87. The molecule has 3 aliphatic heterocycles. The van der Waals surface area contributed by atoms with Crippen molar-refractivity contribution in [3.63, 3.8) is 0 Å². The van der Waals surface area contributed by atoms with E-state index in [9.17, 15) is 9.59 Å². The predicted octanol–water partition coefficient (Wildman–Crippen LogP) is 1.90. The number of anilines is 1. The smallest absolute Gasteiger partial charge is 0.326 e. The van der Waals surface area contributed by atoms with Gasteiger partial charge in [-0.15, -0.1) is 0 Å². The van der Waals surface area contributed by atoms with E-state index >= 15 is 0 Å². The van der Waals surface area contributed by atoms with Crippen LogP contribution in [0.5, 0.6) is 5.75 Å². The number of aromatic amines is 1. The minimum Gasteiger partial charge on any atom is -0.495 e. The van der Waals surface area contributed by atoms with Gasteiger partial charge in [0, 0.05) is 50.9 Å². The van der Waals surface area contributed by atoms with E-state index in [4.69, 9.17) is 9.47 Å². The highest BCUT2D eigenvalue weighted by atomic mass is 16.5. The van der Waals surface area contributed by atoms with Gasteiger partial charge in [0.2, 0.25) is 5.91 Å². The monoisotopic (exact) mass is 506 g/mol. The number of methoxy groups -OCH3 is 1. The molecular formula is C27H34N6O4. The third kappa shape index (κ3) is 4.49. The number of aromatic nitrogens is 2. The van der Waals surface area contributed by atoms with E-state index in [2.05, 4.69) is 20.3 Å². The largest absolute Gasteiger partial charge is 0.495 e. The summed E-state index contributed by atoms with van der Waals surface area (Å²) in [7, 11) is 1.67. The maximum absolute atomic E-state index is 13.8. The molecule has 37 heavy (non-hydrogen) atoms. The fourth-order valence-corrected chi connectivity index (χ4v) is 5.91. The number of H-pyrrole nitrogens is 1. The molecule has 0 saturated carbocycles. The molecule has 3 aromatic rings. The van der Waals surface area contributed by atoms with Crippen molar-refractivity contribution < 1.29 is 14.3 Å². The van der Waals surface area contributed by atoms with Crippen LogP contribution in [0.4, 0.5) is 5.69 Å². The lowest BCUT2D eigenvalue weighted by Gasteiger charge is -2.34. The number of nitrogens with zero attached hydrogens (tertiary/aromatic N) is 4. The Morgan fingerprint density at radius 3 is 2.59 bits per heavy atom. The normalized spacial score (nSPS) is 20.9. The van der Waals surface area contributed by atoms with E-state index in [0.717, 1.165) is 80.3 Å². The molecule has 0 bridgehead atoms. The lowest BCUT2D eigenvalue weighted by molar-refractivity contribution is -0.134. The summed E-state index contributed by atoms with van der Waals surface area (Å²) < 4.78 is 13.0. The van der Waals surface area contributed by atoms with Crippen LogP contribution in [-0.4, -0.2) is 84.9 Å². The SMILES string of the molecule is COc1cccc2c1N(CCN1CCOCC1)NC2C(=O)N1CCC(n2c(=O)[nH]c3ccccc32)CC1. The van der Waals surface area contributed by atoms with Gasteiger partial charge >= 0.3 is 5.69 Å². The molecule has 2 N–H and O–H groups in total. The third-order valence-corrected chi connectivity index (χ3v) is 7.87. The Morgan fingerprint density at radius 1 is 1.03 bits per heavy atom. The Labute approximate surface area is 215 Å². The van der Waals surface area contributed by atoms with Crippen LogP contribution in [-0.2, 0) is 9.53 Å². The predicted molar refractivity (Wildman–Crippen MR) is 141 cm³/mol. The summed E-state index contributed by atoms with van der Waals surface area (Å²) in [6.07, 6.45) is 1.48. The van der Waals surface area contributed by atoms with E-state index in [-0.39, 0.29) is 17.6 Å². The number of fused-ring (bicyclic) bond motifs is 2. The van der Waals surface area contributed by atoms with Crippen LogP contribution in [0.1, 0.15) is 30.5 Å². The van der Waals surface area contributed by atoms with Gasteiger partial charge in [0.05, 0.1) is 37.0 Å². The Morgan fingerprint density at radius 2 is 1.81 bits per heavy atom. The highest BCUT2D eigenvalue weighted by molar-refractivity contribution is 5.88. The van der Waals surface area contributed by atoms with Crippen LogP contribution >= 0.6 is 0 Å². The number of hydrogen-bond donors (Lipinski definition) is 2. The first kappa shape index (κ1) is 24.0. The van der Waals surface area contributed by atoms with Gasteiger partial charge in [0.25, 0.3) is 0 Å². The molecule has 2 fully saturated rings. The second kappa shape index (κ2) is 10.2. The summed E-state index contributed by atoms with van der Waals surface area (Å²) in [6.45, 7) is 6.20. The topological polar surface area (TPSA) is 95.1 Å². The van der Waals surface area contributed by atoms with E-state index in [1.54, 1.807) is 7.11 Å². The molecule has 196 valence electrons. The van der Waals surface area contributed by atoms with Crippen LogP contribution in [0, 0.1) is 0 Å². The van der Waals surface area contributed by atoms with Gasteiger partial charge in [-0.2, -0.15) is 0 Å². The standard InChI is InChI=1S/C27H34N6O4/c1-36-23-8-4-5-20-24(29-32(25(20)23)14-13-30-15-17-37-18-16-30)26(34)31-11-9-19(10-12-31)33-22-7-3-2-6-21(22)28-27(33)35/h2-8,19,24,29H,9-18H2,1H3,(H,28,35). The first-order chi connectivity index (χ1) is 18.1. The molecule has 2 aromatic carbocycles. The highest BCUT2D eigenvalue weighted by Crippen LogP contribution is 2.41. The lowest BCUT2D eigenvalue weighted by Crippen LogP contribution is -2.48. The van der Waals surface area contributed by atoms with Gasteiger partial charge in [-0.1, -0.05) is 24.3 Å². The number of ether oxygens (including phenoxy) is 2. The van der Waals surface area contributed by atoms with Crippen LogP contribution in [0.3, 0.4) is 0 Å². The van der Waals surface area contributed by atoms with Crippen molar-refractivity contribution in [2.24, 2.45) is 0 Å². The first-order valence-corrected chi connectivity index (χ1v) is 13.1. The summed E-state index contributed by atoms with van der Waals surface area (Å²) >= 11 is 0. The average molecular weight is 507 g/mol. The van der Waals surface area contributed by atoms with Crippen molar-refractivity contribution in [1.29, 1.82) is 0 Å². The number of benzene rings is 2. The summed E-state index contributed by atoms with van der Waals surface area (Å²) in [5.41, 5.74) is 7.06. The molecule has 1 amide bonds. The number of para-hydroxylation sites is 3. The van der Waals surface area contributed by atoms with Gasteiger partial charge in [-0.25, -0.2) is 10.2 Å². The molecule has 10 heteroatoms. The van der Waals surface area contributed by atoms with Crippen LogP contribution in [0.15, 0.2) is 47.3 Å². The van der Waals surface area contributed by atoms with Gasteiger partial charge in [-0.3, -0.25) is 14.3 Å². The molecule has 1 atom stereocenters. The zero-order valence-corrected chi connectivity index (χ0v) is 21.2. The quantitative estimate of drug-likeness (QED) is 0.527. The Hall–Kier alpha value is -3.34. The molecule has 1 unspecified atom stereocenters. The van der Waals surface area contributed by atoms with E-state index in [0.29, 0.717) is 13.1 Å². The molecule has 3 aliphatic rings. The van der Waals surface area contributed by atoms with Gasteiger partial charge in [0.1, 0.15) is 11.8 Å². The molecule has 1 aromatic heterocycles. The van der Waals surface area contributed by atoms with Crippen molar-refractivity contribution in [2.45, 2.75) is 24.9 Å². The zero-order valence-electron chi connectivity index (χ0n) is 21.2. The number of piperidine rings is 1. The molecule has 0 radical (unpaired) electrons. The maximum Gasteiger partial charge on any atom is 0.326 e. The number of carbonyl (C=O) groups is 1. The molecule has 10 nitrogen and oxygen atoms in total. The number of hydrogen-bond acceptors (Lipinski definition) is 7. The van der Waals surface area contributed by atoms with Crippen LogP contribution in [0.25, 0.3) is 11.0 Å². The van der Waals surface area contributed by atoms with Crippen molar-refractivity contribution in [3.8, 4) is 5.75 Å². The van der Waals surface area contributed by atoms with E-state index < -0.39 is 6.04 Å². The van der Waals surface area contributed by atoms with Crippen molar-refractivity contribution in [3.05, 3.63) is 58.5 Å². The number of hydrazine groups is 1. The lowest BCUT2D eigenvalue weighted by atomic mass is 10.0. The summed E-state index contributed by atoms with van der Waals surface area (Å²) in [5.74, 6) is 0.827. The maximum atomic E-state index is 13.8. The van der Waals surface area contributed by atoms with Crippen molar-refractivity contribution >= 4 is 22.6 Å². The molecule has 0 spiro atoms. The number of carbonyl (C=O) groups excluding carboxylic acids is 1. The van der Waals surface area contributed by atoms with Gasteiger partial charge < -0.3 is 24.4 Å². The molecule has 6 rings (SSSR count). The van der Waals surface area contributed by atoms with Crippen LogP contribution < -0.4 is 20.9 Å². The molecule has 4 heterocycles. The molecular weight excluding hydrogens is 472 g/mol. The number of imidazole rings is 1. The Bertz CT molecular complexity index is 1320.